The van der Waals surface area contributed by atoms with Crippen molar-refractivity contribution in [3.63, 3.8) is 0 Å². The zero-order chi connectivity index (χ0) is 9.71. The first-order valence-electron chi connectivity index (χ1n) is 4.05. The molecule has 0 saturated heterocycles. The molecule has 0 aliphatic heterocycles. The van der Waals surface area contributed by atoms with Crippen molar-refractivity contribution in [3.8, 4) is 0 Å². The second kappa shape index (κ2) is 3.11. The average molecular weight is 332 g/mol. The van der Waals surface area contributed by atoms with Gasteiger partial charge in [0.05, 0.1) is 25.4 Å². The van der Waals surface area contributed by atoms with Gasteiger partial charge in [-0.1, -0.05) is 0 Å². The molecular formula is C9H5IN2S2. The summed E-state index contributed by atoms with van der Waals surface area (Å²) >= 11 is 5.73. The standard InChI is InChI=1S/C9H5IN2S2/c1-4-11-5-2-6-8(3-7(5)13-4)14-9(10)12-6/h2-3H,1H3. The molecule has 1 aromatic carbocycles. The molecule has 2 aromatic heterocycles. The van der Waals surface area contributed by atoms with Crippen LogP contribution in [0.2, 0.25) is 0 Å². The highest BCUT2D eigenvalue weighted by Crippen LogP contribution is 2.30. The number of hydrogen-bond acceptors (Lipinski definition) is 4. The summed E-state index contributed by atoms with van der Waals surface area (Å²) in [7, 11) is 0. The van der Waals surface area contributed by atoms with Crippen molar-refractivity contribution in [2.75, 3.05) is 0 Å². The predicted octanol–water partition coefficient (Wildman–Crippen LogP) is 3.82. The molecule has 0 saturated carbocycles. The van der Waals surface area contributed by atoms with E-state index in [-0.39, 0.29) is 0 Å². The van der Waals surface area contributed by atoms with Gasteiger partial charge in [-0.2, -0.15) is 0 Å². The first kappa shape index (κ1) is 8.99. The first-order valence-corrected chi connectivity index (χ1v) is 6.77. The lowest BCUT2D eigenvalue weighted by Crippen LogP contribution is -1.70. The third-order valence-electron chi connectivity index (χ3n) is 1.98. The second-order valence-corrected chi connectivity index (χ2v) is 7.01. The molecule has 3 rings (SSSR count). The molecule has 0 radical (unpaired) electrons. The van der Waals surface area contributed by atoms with Crippen LogP contribution in [0.1, 0.15) is 5.01 Å². The SMILES string of the molecule is Cc1nc2cc3nc(I)sc3cc2s1. The number of halogens is 1. The molecule has 3 aromatic rings. The molecule has 70 valence electrons. The fourth-order valence-electron chi connectivity index (χ4n) is 1.44. The zero-order valence-corrected chi connectivity index (χ0v) is 11.0. The van der Waals surface area contributed by atoms with Crippen molar-refractivity contribution in [3.05, 3.63) is 20.2 Å². The summed E-state index contributed by atoms with van der Waals surface area (Å²) in [6.07, 6.45) is 0. The van der Waals surface area contributed by atoms with Crippen LogP contribution in [0.3, 0.4) is 0 Å². The van der Waals surface area contributed by atoms with Crippen molar-refractivity contribution in [2.24, 2.45) is 0 Å². The van der Waals surface area contributed by atoms with Crippen LogP contribution in [0.5, 0.6) is 0 Å². The summed E-state index contributed by atoms with van der Waals surface area (Å²) in [4.78, 5) is 8.90. The van der Waals surface area contributed by atoms with Gasteiger partial charge in [0.2, 0.25) is 0 Å². The maximum Gasteiger partial charge on any atom is 0.155 e. The number of thiazole rings is 2. The Labute approximate surface area is 102 Å². The maximum atomic E-state index is 4.45. The van der Waals surface area contributed by atoms with E-state index in [1.165, 1.54) is 9.40 Å². The smallest absolute Gasteiger partial charge is 0.155 e. The van der Waals surface area contributed by atoms with Gasteiger partial charge in [0.25, 0.3) is 0 Å². The molecule has 5 heteroatoms. The van der Waals surface area contributed by atoms with Crippen molar-refractivity contribution in [1.29, 1.82) is 0 Å². The Morgan fingerprint density at radius 3 is 2.64 bits per heavy atom. The first-order chi connectivity index (χ1) is 6.72. The zero-order valence-electron chi connectivity index (χ0n) is 7.24. The van der Waals surface area contributed by atoms with Gasteiger partial charge in [-0.3, -0.25) is 0 Å². The summed E-state index contributed by atoms with van der Waals surface area (Å²) in [5.41, 5.74) is 2.14. The van der Waals surface area contributed by atoms with Crippen molar-refractivity contribution in [1.82, 2.24) is 9.97 Å². The number of aromatic nitrogens is 2. The molecule has 0 aliphatic carbocycles. The van der Waals surface area contributed by atoms with Crippen molar-refractivity contribution in [2.45, 2.75) is 6.92 Å². The number of benzene rings is 1. The summed E-state index contributed by atoms with van der Waals surface area (Å²) < 4.78 is 3.60. The Morgan fingerprint density at radius 1 is 1.07 bits per heavy atom. The molecule has 2 heterocycles. The van der Waals surface area contributed by atoms with Crippen LogP contribution in [0.15, 0.2) is 12.1 Å². The number of rotatable bonds is 0. The van der Waals surface area contributed by atoms with E-state index in [1.54, 1.807) is 22.7 Å². The van der Waals surface area contributed by atoms with Gasteiger partial charge >= 0.3 is 0 Å². The van der Waals surface area contributed by atoms with E-state index in [0.29, 0.717) is 0 Å². The summed E-state index contributed by atoms with van der Waals surface area (Å²) in [5, 5.41) is 1.12. The number of hydrogen-bond donors (Lipinski definition) is 0. The largest absolute Gasteiger partial charge is 0.241 e. The highest BCUT2D eigenvalue weighted by Gasteiger charge is 2.06. The normalized spacial score (nSPS) is 11.6. The lowest BCUT2D eigenvalue weighted by molar-refractivity contribution is 1.35. The minimum absolute atomic E-state index is 1.07. The van der Waals surface area contributed by atoms with Crippen molar-refractivity contribution >= 4 is 65.7 Å². The fourth-order valence-corrected chi connectivity index (χ4v) is 4.04. The van der Waals surface area contributed by atoms with Gasteiger partial charge in [-0.05, 0) is 41.6 Å². The lowest BCUT2D eigenvalue weighted by atomic mass is 10.3. The number of aryl methyl sites for hydroxylation is 1. The van der Waals surface area contributed by atoms with Crippen LogP contribution < -0.4 is 0 Å². The topological polar surface area (TPSA) is 25.8 Å². The average Bonchev–Trinajstić information content (AvgIpc) is 2.59. The molecule has 0 N–H and O–H groups in total. The minimum atomic E-state index is 1.07. The van der Waals surface area contributed by atoms with Gasteiger partial charge in [-0.25, -0.2) is 9.97 Å². The third-order valence-corrected chi connectivity index (χ3v) is 4.62. The third kappa shape index (κ3) is 1.34. The van der Waals surface area contributed by atoms with E-state index in [0.717, 1.165) is 19.1 Å². The Bertz CT molecular complexity index is 523. The van der Waals surface area contributed by atoms with Crippen molar-refractivity contribution < 1.29 is 0 Å². The van der Waals surface area contributed by atoms with Gasteiger partial charge in [0.1, 0.15) is 0 Å². The summed E-state index contributed by atoms with van der Waals surface area (Å²) in [6.45, 7) is 2.04. The van der Waals surface area contributed by atoms with Gasteiger partial charge in [0.15, 0.2) is 3.01 Å². The quantitative estimate of drug-likeness (QED) is 0.585. The highest BCUT2D eigenvalue weighted by molar-refractivity contribution is 14.1. The molecular weight excluding hydrogens is 327 g/mol. The molecule has 0 atom stereocenters. The lowest BCUT2D eigenvalue weighted by Gasteiger charge is -1.86. The molecule has 0 fully saturated rings. The molecule has 0 unspecified atom stereocenters. The van der Waals surface area contributed by atoms with Gasteiger partial charge in [-0.15, -0.1) is 22.7 Å². The van der Waals surface area contributed by atoms with E-state index in [2.05, 4.69) is 44.7 Å². The highest BCUT2D eigenvalue weighted by atomic mass is 127. The molecule has 0 bridgehead atoms. The number of fused-ring (bicyclic) bond motifs is 2. The van der Waals surface area contributed by atoms with Crippen LogP contribution >= 0.6 is 45.3 Å². The molecule has 0 spiro atoms. The van der Waals surface area contributed by atoms with E-state index in [1.807, 2.05) is 6.92 Å². The molecule has 0 amide bonds. The van der Waals surface area contributed by atoms with Crippen LogP contribution in [-0.2, 0) is 0 Å². The molecule has 14 heavy (non-hydrogen) atoms. The van der Waals surface area contributed by atoms with Crippen LogP contribution in [0.25, 0.3) is 20.4 Å². The Hall–Kier alpha value is -0.270. The van der Waals surface area contributed by atoms with Gasteiger partial charge < -0.3 is 0 Å². The summed E-state index contributed by atoms with van der Waals surface area (Å²) in [5.74, 6) is 0. The van der Waals surface area contributed by atoms with E-state index >= 15 is 0 Å². The monoisotopic (exact) mass is 332 g/mol. The van der Waals surface area contributed by atoms with Gasteiger partial charge in [0, 0.05) is 0 Å². The number of nitrogens with zero attached hydrogens (tertiary/aromatic N) is 2. The Morgan fingerprint density at radius 2 is 1.79 bits per heavy atom. The van der Waals surface area contributed by atoms with Crippen LogP contribution in [-0.4, -0.2) is 9.97 Å². The Kier molecular flexibility index (Phi) is 2.00. The summed E-state index contributed by atoms with van der Waals surface area (Å²) in [6, 6.07) is 4.27. The molecule has 0 aliphatic rings. The fraction of sp³-hybridized carbons (Fsp3) is 0.111. The maximum absolute atomic E-state index is 4.45. The van der Waals surface area contributed by atoms with E-state index in [4.69, 9.17) is 0 Å². The molecule has 2 nitrogen and oxygen atoms in total. The van der Waals surface area contributed by atoms with Crippen LogP contribution in [0.4, 0.5) is 0 Å². The van der Waals surface area contributed by atoms with E-state index in [9.17, 15) is 0 Å². The van der Waals surface area contributed by atoms with Crippen LogP contribution in [0, 0.1) is 9.94 Å². The minimum Gasteiger partial charge on any atom is -0.241 e. The van der Waals surface area contributed by atoms with E-state index < -0.39 is 0 Å². The Balaban J connectivity index is 2.49. The predicted molar refractivity (Wildman–Crippen MR) is 70.3 cm³/mol. The second-order valence-electron chi connectivity index (χ2n) is 2.99.